The standard InChI is InChI=1S/C17H19N5/c1-21-7-9-22(10-8-21)16-4-2-3-15(20-16)14-11-13-5-6-18-17(13)19-12-14/h2-6,11-12H,7-10H2,1H3,(H,18,19). The predicted molar refractivity (Wildman–Crippen MR) is 89.0 cm³/mol. The van der Waals surface area contributed by atoms with Gasteiger partial charge in [-0.3, -0.25) is 0 Å². The number of aromatic nitrogens is 3. The summed E-state index contributed by atoms with van der Waals surface area (Å²) in [5.74, 6) is 1.06. The lowest BCUT2D eigenvalue weighted by atomic mass is 10.1. The van der Waals surface area contributed by atoms with Gasteiger partial charge in [-0.25, -0.2) is 9.97 Å². The van der Waals surface area contributed by atoms with Crippen LogP contribution in [-0.2, 0) is 0 Å². The number of fused-ring (bicyclic) bond motifs is 1. The Morgan fingerprint density at radius 1 is 1.09 bits per heavy atom. The fraction of sp³-hybridized carbons (Fsp3) is 0.294. The largest absolute Gasteiger partial charge is 0.354 e. The van der Waals surface area contributed by atoms with E-state index in [-0.39, 0.29) is 0 Å². The van der Waals surface area contributed by atoms with Crippen LogP contribution in [0.2, 0.25) is 0 Å². The van der Waals surface area contributed by atoms with Gasteiger partial charge in [0.1, 0.15) is 11.5 Å². The van der Waals surface area contributed by atoms with Crippen molar-refractivity contribution in [3.8, 4) is 11.3 Å². The molecule has 0 bridgehead atoms. The minimum atomic E-state index is 0.916. The van der Waals surface area contributed by atoms with Gasteiger partial charge in [-0.1, -0.05) is 6.07 Å². The molecule has 4 rings (SSSR count). The summed E-state index contributed by atoms with van der Waals surface area (Å²) in [7, 11) is 2.17. The summed E-state index contributed by atoms with van der Waals surface area (Å²) < 4.78 is 0. The third-order valence-electron chi connectivity index (χ3n) is 4.26. The van der Waals surface area contributed by atoms with E-state index in [4.69, 9.17) is 4.98 Å². The Morgan fingerprint density at radius 2 is 1.95 bits per heavy atom. The molecule has 1 fully saturated rings. The molecule has 1 aliphatic heterocycles. The highest BCUT2D eigenvalue weighted by Gasteiger charge is 2.15. The number of pyridine rings is 2. The molecule has 3 aromatic heterocycles. The van der Waals surface area contributed by atoms with Crippen LogP contribution in [0.3, 0.4) is 0 Å². The molecule has 1 aliphatic rings. The summed E-state index contributed by atoms with van der Waals surface area (Å²) in [6.45, 7) is 4.23. The molecule has 22 heavy (non-hydrogen) atoms. The van der Waals surface area contributed by atoms with Crippen LogP contribution < -0.4 is 4.90 Å². The van der Waals surface area contributed by atoms with E-state index in [9.17, 15) is 0 Å². The number of likely N-dealkylation sites (N-methyl/N-ethyl adjacent to an activating group) is 1. The normalized spacial score (nSPS) is 16.3. The number of H-pyrrole nitrogens is 1. The first-order valence-electron chi connectivity index (χ1n) is 7.64. The van der Waals surface area contributed by atoms with Crippen LogP contribution in [0.4, 0.5) is 5.82 Å². The number of hydrogen-bond acceptors (Lipinski definition) is 4. The first-order chi connectivity index (χ1) is 10.8. The van der Waals surface area contributed by atoms with Crippen LogP contribution in [0, 0.1) is 0 Å². The highest BCUT2D eigenvalue weighted by Crippen LogP contribution is 2.23. The van der Waals surface area contributed by atoms with Crippen molar-refractivity contribution in [3.63, 3.8) is 0 Å². The minimum Gasteiger partial charge on any atom is -0.354 e. The van der Waals surface area contributed by atoms with Gasteiger partial charge in [-0.2, -0.15) is 0 Å². The van der Waals surface area contributed by atoms with Crippen molar-refractivity contribution in [3.05, 3.63) is 42.7 Å². The van der Waals surface area contributed by atoms with Gasteiger partial charge in [0.2, 0.25) is 0 Å². The number of nitrogens with zero attached hydrogens (tertiary/aromatic N) is 4. The van der Waals surface area contributed by atoms with Crippen LogP contribution in [0.15, 0.2) is 42.7 Å². The molecule has 1 N–H and O–H groups in total. The average molecular weight is 293 g/mol. The van der Waals surface area contributed by atoms with Crippen molar-refractivity contribution < 1.29 is 0 Å². The summed E-state index contributed by atoms with van der Waals surface area (Å²) in [5, 5.41) is 1.12. The Bertz CT molecular complexity index is 786. The molecule has 0 saturated carbocycles. The molecule has 0 aromatic carbocycles. The van der Waals surface area contributed by atoms with Crippen LogP contribution in [0.5, 0.6) is 0 Å². The van der Waals surface area contributed by atoms with E-state index in [1.54, 1.807) is 0 Å². The summed E-state index contributed by atoms with van der Waals surface area (Å²) in [5.41, 5.74) is 2.95. The fourth-order valence-corrected chi connectivity index (χ4v) is 2.88. The molecular weight excluding hydrogens is 274 g/mol. The summed E-state index contributed by atoms with van der Waals surface area (Å²) >= 11 is 0. The van der Waals surface area contributed by atoms with Crippen molar-refractivity contribution >= 4 is 16.9 Å². The second kappa shape index (κ2) is 5.42. The lowest BCUT2D eigenvalue weighted by molar-refractivity contribution is 0.312. The molecule has 0 atom stereocenters. The lowest BCUT2D eigenvalue weighted by Crippen LogP contribution is -2.44. The Hall–Kier alpha value is -2.40. The third-order valence-corrected chi connectivity index (χ3v) is 4.26. The van der Waals surface area contributed by atoms with Gasteiger partial charge in [0.25, 0.3) is 0 Å². The molecule has 4 heterocycles. The SMILES string of the molecule is CN1CCN(c2cccc(-c3cnc4[nH]ccc4c3)n2)CC1. The molecule has 1 saturated heterocycles. The molecule has 5 nitrogen and oxygen atoms in total. The zero-order valence-corrected chi connectivity index (χ0v) is 12.7. The molecular formula is C17H19N5. The summed E-state index contributed by atoms with van der Waals surface area (Å²) in [6, 6.07) is 10.4. The van der Waals surface area contributed by atoms with E-state index in [1.807, 2.05) is 18.5 Å². The van der Waals surface area contributed by atoms with E-state index in [0.717, 1.165) is 54.3 Å². The number of hydrogen-bond donors (Lipinski definition) is 1. The smallest absolute Gasteiger partial charge is 0.137 e. The molecule has 0 amide bonds. The Morgan fingerprint density at radius 3 is 2.82 bits per heavy atom. The van der Waals surface area contributed by atoms with Gasteiger partial charge in [-0.05, 0) is 31.3 Å². The van der Waals surface area contributed by atoms with Crippen molar-refractivity contribution in [2.45, 2.75) is 0 Å². The van der Waals surface area contributed by atoms with Gasteiger partial charge in [-0.15, -0.1) is 0 Å². The molecule has 0 radical (unpaired) electrons. The average Bonchev–Trinajstić information content (AvgIpc) is 3.03. The van der Waals surface area contributed by atoms with Gasteiger partial charge in [0.05, 0.1) is 5.69 Å². The molecule has 0 aliphatic carbocycles. The molecule has 5 heteroatoms. The fourth-order valence-electron chi connectivity index (χ4n) is 2.88. The van der Waals surface area contributed by atoms with Crippen molar-refractivity contribution in [1.29, 1.82) is 0 Å². The van der Waals surface area contributed by atoms with Crippen LogP contribution in [0.1, 0.15) is 0 Å². The Balaban J connectivity index is 1.66. The second-order valence-corrected chi connectivity index (χ2v) is 5.81. The Labute approximate surface area is 129 Å². The highest BCUT2D eigenvalue weighted by atomic mass is 15.3. The van der Waals surface area contributed by atoms with Gasteiger partial charge >= 0.3 is 0 Å². The maximum atomic E-state index is 4.84. The predicted octanol–water partition coefficient (Wildman–Crippen LogP) is 2.38. The van der Waals surface area contributed by atoms with Gasteiger partial charge in [0.15, 0.2) is 0 Å². The van der Waals surface area contributed by atoms with Gasteiger partial charge < -0.3 is 14.8 Å². The van der Waals surface area contributed by atoms with E-state index < -0.39 is 0 Å². The van der Waals surface area contributed by atoms with E-state index >= 15 is 0 Å². The quantitative estimate of drug-likeness (QED) is 0.788. The number of piperazine rings is 1. The number of aromatic amines is 1. The maximum Gasteiger partial charge on any atom is 0.137 e. The second-order valence-electron chi connectivity index (χ2n) is 5.81. The first-order valence-corrected chi connectivity index (χ1v) is 7.64. The monoisotopic (exact) mass is 293 g/mol. The van der Waals surface area contributed by atoms with Gasteiger partial charge in [0, 0.05) is 49.5 Å². The topological polar surface area (TPSA) is 48.0 Å². The van der Waals surface area contributed by atoms with Crippen molar-refractivity contribution in [2.75, 3.05) is 38.1 Å². The van der Waals surface area contributed by atoms with Crippen LogP contribution in [-0.4, -0.2) is 53.1 Å². The summed E-state index contributed by atoms with van der Waals surface area (Å²) in [4.78, 5) is 17.1. The summed E-state index contributed by atoms with van der Waals surface area (Å²) in [6.07, 6.45) is 3.80. The number of nitrogens with one attached hydrogen (secondary N) is 1. The number of anilines is 1. The van der Waals surface area contributed by atoms with Crippen molar-refractivity contribution in [2.24, 2.45) is 0 Å². The molecule has 112 valence electrons. The third kappa shape index (κ3) is 2.44. The van der Waals surface area contributed by atoms with E-state index in [0.29, 0.717) is 0 Å². The highest BCUT2D eigenvalue weighted by molar-refractivity contribution is 5.80. The minimum absolute atomic E-state index is 0.916. The molecule has 0 unspecified atom stereocenters. The Kier molecular flexibility index (Phi) is 3.27. The molecule has 3 aromatic rings. The van der Waals surface area contributed by atoms with E-state index in [2.05, 4.69) is 51.1 Å². The van der Waals surface area contributed by atoms with Crippen LogP contribution >= 0.6 is 0 Å². The number of rotatable bonds is 2. The zero-order valence-electron chi connectivity index (χ0n) is 12.7. The van der Waals surface area contributed by atoms with Crippen LogP contribution in [0.25, 0.3) is 22.3 Å². The first kappa shape index (κ1) is 13.3. The van der Waals surface area contributed by atoms with E-state index in [1.165, 1.54) is 0 Å². The maximum absolute atomic E-state index is 4.84. The molecule has 0 spiro atoms. The zero-order chi connectivity index (χ0) is 14.9. The van der Waals surface area contributed by atoms with Crippen molar-refractivity contribution in [1.82, 2.24) is 19.9 Å². The lowest BCUT2D eigenvalue weighted by Gasteiger charge is -2.33.